The molecular weight excluding hydrogens is 339 g/mol. The molecule has 1 heterocycles. The highest BCUT2D eigenvalue weighted by Gasteiger charge is 2.12. The average molecular weight is 354 g/mol. The molecule has 94 valence electrons. The third-order valence-electron chi connectivity index (χ3n) is 2.76. The van der Waals surface area contributed by atoms with Crippen LogP contribution in [0.5, 0.6) is 5.88 Å². The standard InChI is InChI=1S/C14H15IN2O/c1-18-14-12(3-2-8-17-14)13(16)9-10-4-6-11(15)7-5-10/h2-8,13H,9,16H2,1H3. The highest BCUT2D eigenvalue weighted by Crippen LogP contribution is 2.23. The van der Waals surface area contributed by atoms with Crippen molar-refractivity contribution in [2.75, 3.05) is 7.11 Å². The monoisotopic (exact) mass is 354 g/mol. The number of ether oxygens (including phenoxy) is 1. The minimum absolute atomic E-state index is 0.103. The molecule has 1 atom stereocenters. The Kier molecular flexibility index (Phi) is 4.54. The van der Waals surface area contributed by atoms with Crippen LogP contribution in [0.4, 0.5) is 0 Å². The van der Waals surface area contributed by atoms with Crippen molar-refractivity contribution in [3.63, 3.8) is 0 Å². The zero-order valence-corrected chi connectivity index (χ0v) is 12.3. The van der Waals surface area contributed by atoms with Crippen molar-refractivity contribution in [3.8, 4) is 5.88 Å². The second kappa shape index (κ2) is 6.15. The number of nitrogens with zero attached hydrogens (tertiary/aromatic N) is 1. The van der Waals surface area contributed by atoms with E-state index < -0.39 is 0 Å². The molecule has 1 aromatic carbocycles. The molecule has 2 aromatic rings. The van der Waals surface area contributed by atoms with E-state index in [2.05, 4.69) is 51.8 Å². The molecule has 0 amide bonds. The fraction of sp³-hybridized carbons (Fsp3) is 0.214. The van der Waals surface area contributed by atoms with Crippen molar-refractivity contribution >= 4 is 22.6 Å². The van der Waals surface area contributed by atoms with E-state index in [0.717, 1.165) is 12.0 Å². The molecule has 2 rings (SSSR count). The molecule has 1 unspecified atom stereocenters. The number of methoxy groups -OCH3 is 1. The predicted octanol–water partition coefficient (Wildman–Crippen LogP) is 2.94. The maximum Gasteiger partial charge on any atom is 0.217 e. The lowest BCUT2D eigenvalue weighted by Gasteiger charge is -2.14. The quantitative estimate of drug-likeness (QED) is 0.859. The Morgan fingerprint density at radius 1 is 1.28 bits per heavy atom. The van der Waals surface area contributed by atoms with Gasteiger partial charge in [-0.3, -0.25) is 0 Å². The van der Waals surface area contributed by atoms with Gasteiger partial charge >= 0.3 is 0 Å². The summed E-state index contributed by atoms with van der Waals surface area (Å²) in [5.74, 6) is 0.607. The largest absolute Gasteiger partial charge is 0.481 e. The molecule has 2 N–H and O–H groups in total. The fourth-order valence-electron chi connectivity index (χ4n) is 1.84. The molecule has 0 saturated carbocycles. The average Bonchev–Trinajstić information content (AvgIpc) is 2.41. The highest BCUT2D eigenvalue weighted by atomic mass is 127. The fourth-order valence-corrected chi connectivity index (χ4v) is 2.20. The summed E-state index contributed by atoms with van der Waals surface area (Å²) in [7, 11) is 1.61. The molecule has 0 spiro atoms. The lowest BCUT2D eigenvalue weighted by molar-refractivity contribution is 0.388. The number of hydrogen-bond acceptors (Lipinski definition) is 3. The first-order chi connectivity index (χ1) is 8.70. The maximum atomic E-state index is 6.22. The summed E-state index contributed by atoms with van der Waals surface area (Å²) < 4.78 is 6.46. The summed E-state index contributed by atoms with van der Waals surface area (Å²) in [5, 5.41) is 0. The van der Waals surface area contributed by atoms with Crippen LogP contribution in [0.25, 0.3) is 0 Å². The van der Waals surface area contributed by atoms with Crippen LogP contribution in [0.15, 0.2) is 42.6 Å². The van der Waals surface area contributed by atoms with Gasteiger partial charge in [-0.15, -0.1) is 0 Å². The van der Waals surface area contributed by atoms with Crippen LogP contribution in [0.3, 0.4) is 0 Å². The van der Waals surface area contributed by atoms with Crippen LogP contribution in [0, 0.1) is 3.57 Å². The first kappa shape index (κ1) is 13.3. The maximum absolute atomic E-state index is 6.22. The number of aromatic nitrogens is 1. The van der Waals surface area contributed by atoms with Gasteiger partial charge in [-0.25, -0.2) is 4.98 Å². The number of pyridine rings is 1. The van der Waals surface area contributed by atoms with Crippen molar-refractivity contribution in [3.05, 3.63) is 57.3 Å². The Balaban J connectivity index is 2.16. The molecular formula is C14H15IN2O. The van der Waals surface area contributed by atoms with Crippen LogP contribution in [0.2, 0.25) is 0 Å². The van der Waals surface area contributed by atoms with E-state index in [1.807, 2.05) is 12.1 Å². The van der Waals surface area contributed by atoms with E-state index in [0.29, 0.717) is 5.88 Å². The highest BCUT2D eigenvalue weighted by molar-refractivity contribution is 14.1. The number of rotatable bonds is 4. The Bertz CT molecular complexity index is 513. The van der Waals surface area contributed by atoms with E-state index in [1.54, 1.807) is 13.3 Å². The summed E-state index contributed by atoms with van der Waals surface area (Å²) >= 11 is 2.29. The predicted molar refractivity (Wildman–Crippen MR) is 80.6 cm³/mol. The number of hydrogen-bond donors (Lipinski definition) is 1. The van der Waals surface area contributed by atoms with Gasteiger partial charge in [-0.2, -0.15) is 0 Å². The molecule has 0 bridgehead atoms. The SMILES string of the molecule is COc1ncccc1C(N)Cc1ccc(I)cc1. The molecule has 1 aromatic heterocycles. The topological polar surface area (TPSA) is 48.1 Å². The Hall–Kier alpha value is -1.14. The zero-order valence-electron chi connectivity index (χ0n) is 10.1. The zero-order chi connectivity index (χ0) is 13.0. The Morgan fingerprint density at radius 2 is 2.00 bits per heavy atom. The minimum atomic E-state index is -0.103. The van der Waals surface area contributed by atoms with Crippen LogP contribution in [0.1, 0.15) is 17.2 Å². The number of benzene rings is 1. The van der Waals surface area contributed by atoms with Gasteiger partial charge in [0.15, 0.2) is 0 Å². The molecule has 3 nitrogen and oxygen atoms in total. The second-order valence-electron chi connectivity index (χ2n) is 4.04. The minimum Gasteiger partial charge on any atom is -0.481 e. The van der Waals surface area contributed by atoms with Gasteiger partial charge in [0, 0.05) is 21.4 Å². The lowest BCUT2D eigenvalue weighted by atomic mass is 10.0. The van der Waals surface area contributed by atoms with Gasteiger partial charge in [0.05, 0.1) is 7.11 Å². The number of halogens is 1. The lowest BCUT2D eigenvalue weighted by Crippen LogP contribution is -2.15. The van der Waals surface area contributed by atoms with Crippen LogP contribution in [-0.4, -0.2) is 12.1 Å². The van der Waals surface area contributed by atoms with E-state index in [9.17, 15) is 0 Å². The van der Waals surface area contributed by atoms with E-state index >= 15 is 0 Å². The summed E-state index contributed by atoms with van der Waals surface area (Å²) in [6, 6.07) is 12.1. The summed E-state index contributed by atoms with van der Waals surface area (Å²) in [6.45, 7) is 0. The summed E-state index contributed by atoms with van der Waals surface area (Å²) in [5.41, 5.74) is 8.38. The van der Waals surface area contributed by atoms with Gasteiger partial charge < -0.3 is 10.5 Å². The van der Waals surface area contributed by atoms with Crippen LogP contribution < -0.4 is 10.5 Å². The smallest absolute Gasteiger partial charge is 0.217 e. The summed E-state index contributed by atoms with van der Waals surface area (Å²) in [4.78, 5) is 4.17. The van der Waals surface area contributed by atoms with Crippen molar-refractivity contribution in [1.82, 2.24) is 4.98 Å². The van der Waals surface area contributed by atoms with Crippen molar-refractivity contribution in [2.24, 2.45) is 5.73 Å². The van der Waals surface area contributed by atoms with Gasteiger partial charge in [0.25, 0.3) is 0 Å². The molecule has 0 fully saturated rings. The van der Waals surface area contributed by atoms with Gasteiger partial charge in [0.2, 0.25) is 5.88 Å². The third-order valence-corrected chi connectivity index (χ3v) is 3.48. The Morgan fingerprint density at radius 3 is 2.67 bits per heavy atom. The molecule has 0 aliphatic heterocycles. The molecule has 4 heteroatoms. The van der Waals surface area contributed by atoms with Crippen molar-refractivity contribution in [2.45, 2.75) is 12.5 Å². The summed E-state index contributed by atoms with van der Waals surface area (Å²) in [6.07, 6.45) is 2.49. The molecule has 18 heavy (non-hydrogen) atoms. The molecule has 0 radical (unpaired) electrons. The van der Waals surface area contributed by atoms with E-state index in [-0.39, 0.29) is 6.04 Å². The molecule has 0 saturated heterocycles. The van der Waals surface area contributed by atoms with Gasteiger partial charge in [-0.1, -0.05) is 18.2 Å². The van der Waals surface area contributed by atoms with Crippen LogP contribution >= 0.6 is 22.6 Å². The van der Waals surface area contributed by atoms with Gasteiger partial charge in [-0.05, 0) is 52.8 Å². The Labute approximate surface area is 121 Å². The third kappa shape index (κ3) is 3.20. The van der Waals surface area contributed by atoms with Crippen molar-refractivity contribution < 1.29 is 4.74 Å². The van der Waals surface area contributed by atoms with Gasteiger partial charge in [0.1, 0.15) is 0 Å². The molecule has 0 aliphatic rings. The normalized spacial score (nSPS) is 12.2. The number of nitrogens with two attached hydrogens (primary N) is 1. The van der Waals surface area contributed by atoms with E-state index in [4.69, 9.17) is 10.5 Å². The van der Waals surface area contributed by atoms with Crippen molar-refractivity contribution in [1.29, 1.82) is 0 Å². The second-order valence-corrected chi connectivity index (χ2v) is 5.28. The molecule has 0 aliphatic carbocycles. The van der Waals surface area contributed by atoms with E-state index in [1.165, 1.54) is 9.13 Å². The van der Waals surface area contributed by atoms with Crippen LogP contribution in [-0.2, 0) is 6.42 Å². The first-order valence-electron chi connectivity index (χ1n) is 5.69. The first-order valence-corrected chi connectivity index (χ1v) is 6.77.